The monoisotopic (exact) mass is 330 g/mol. The number of hydrogen-bond donors (Lipinski definition) is 0. The molecule has 0 saturated heterocycles. The van der Waals surface area contributed by atoms with Crippen LogP contribution in [0.3, 0.4) is 0 Å². The Morgan fingerprint density at radius 2 is 1.95 bits per heavy atom. The molecular formula is C12H12Cl2N4OS. The fourth-order valence-corrected chi connectivity index (χ4v) is 2.70. The molecule has 0 unspecified atom stereocenters. The van der Waals surface area contributed by atoms with Crippen molar-refractivity contribution in [2.24, 2.45) is 5.10 Å². The minimum Gasteiger partial charge on any atom is -0.494 e. The van der Waals surface area contributed by atoms with Gasteiger partial charge >= 0.3 is 0 Å². The van der Waals surface area contributed by atoms with Crippen molar-refractivity contribution in [2.75, 3.05) is 13.4 Å². The van der Waals surface area contributed by atoms with Gasteiger partial charge in [-0.15, -0.1) is 10.2 Å². The molecule has 8 heteroatoms. The summed E-state index contributed by atoms with van der Waals surface area (Å²) in [5, 5.41) is 13.9. The van der Waals surface area contributed by atoms with Crippen LogP contribution in [0.2, 0.25) is 10.0 Å². The topological polar surface area (TPSA) is 52.3 Å². The smallest absolute Gasteiger partial charge is 0.211 e. The Bertz CT molecular complexity index is 634. The molecule has 1 aromatic heterocycles. The van der Waals surface area contributed by atoms with E-state index in [1.54, 1.807) is 23.0 Å². The lowest BCUT2D eigenvalue weighted by atomic mass is 10.2. The molecule has 0 bridgehead atoms. The first-order valence-corrected chi connectivity index (χ1v) is 7.58. The van der Waals surface area contributed by atoms with E-state index < -0.39 is 0 Å². The first-order valence-electron chi connectivity index (χ1n) is 5.60. The van der Waals surface area contributed by atoms with Crippen LogP contribution < -0.4 is 4.74 Å². The molecular weight excluding hydrogens is 319 g/mol. The Hall–Kier alpha value is -1.24. The summed E-state index contributed by atoms with van der Waals surface area (Å²) < 4.78 is 6.75. The van der Waals surface area contributed by atoms with E-state index in [9.17, 15) is 0 Å². The maximum absolute atomic E-state index is 6.08. The zero-order valence-electron chi connectivity index (χ0n) is 11.1. The molecule has 5 nitrogen and oxygen atoms in total. The first-order chi connectivity index (χ1) is 9.56. The standard InChI is InChI=1S/C12H12Cl2N4OS/c1-7-16-17-12(20-3)18(7)15-6-8-4-9(13)11(19-2)10(14)5-8/h4-6H,1-3H3/b15-6-. The quantitative estimate of drug-likeness (QED) is 0.635. The van der Waals surface area contributed by atoms with Crippen molar-refractivity contribution in [1.29, 1.82) is 0 Å². The highest BCUT2D eigenvalue weighted by Gasteiger charge is 2.09. The van der Waals surface area contributed by atoms with Gasteiger partial charge in [0.15, 0.2) is 11.6 Å². The van der Waals surface area contributed by atoms with Crippen LogP contribution in [0.5, 0.6) is 5.75 Å². The van der Waals surface area contributed by atoms with E-state index in [4.69, 9.17) is 27.9 Å². The third-order valence-corrected chi connectivity index (χ3v) is 3.68. The van der Waals surface area contributed by atoms with Gasteiger partial charge in [0.2, 0.25) is 5.16 Å². The van der Waals surface area contributed by atoms with Crippen molar-refractivity contribution in [3.63, 3.8) is 0 Å². The van der Waals surface area contributed by atoms with E-state index in [0.717, 1.165) is 5.56 Å². The van der Waals surface area contributed by atoms with Crippen LogP contribution in [-0.2, 0) is 0 Å². The summed E-state index contributed by atoms with van der Waals surface area (Å²) in [4.78, 5) is 0. The molecule has 1 aromatic carbocycles. The van der Waals surface area contributed by atoms with Gasteiger partial charge in [-0.25, -0.2) is 0 Å². The lowest BCUT2D eigenvalue weighted by molar-refractivity contribution is 0.415. The van der Waals surface area contributed by atoms with Crippen LogP contribution in [0.1, 0.15) is 11.4 Å². The second-order valence-electron chi connectivity index (χ2n) is 3.81. The van der Waals surface area contributed by atoms with Crippen LogP contribution >= 0.6 is 35.0 Å². The predicted octanol–water partition coefficient (Wildman–Crippen LogP) is 3.51. The second-order valence-corrected chi connectivity index (χ2v) is 5.40. The highest BCUT2D eigenvalue weighted by molar-refractivity contribution is 7.98. The summed E-state index contributed by atoms with van der Waals surface area (Å²) in [6, 6.07) is 3.46. The highest BCUT2D eigenvalue weighted by atomic mass is 35.5. The van der Waals surface area contributed by atoms with E-state index in [2.05, 4.69) is 15.3 Å². The fourth-order valence-electron chi connectivity index (χ4n) is 1.57. The summed E-state index contributed by atoms with van der Waals surface area (Å²) in [7, 11) is 1.52. The van der Waals surface area contributed by atoms with Crippen molar-refractivity contribution in [1.82, 2.24) is 14.9 Å². The molecule has 1 heterocycles. The van der Waals surface area contributed by atoms with Gasteiger partial charge in [0, 0.05) is 0 Å². The average molecular weight is 331 g/mol. The Balaban J connectivity index is 2.34. The Morgan fingerprint density at radius 1 is 1.30 bits per heavy atom. The number of aryl methyl sites for hydroxylation is 1. The fraction of sp³-hybridized carbons (Fsp3) is 0.250. The van der Waals surface area contributed by atoms with Gasteiger partial charge in [-0.1, -0.05) is 35.0 Å². The third kappa shape index (κ3) is 3.08. The third-order valence-electron chi connectivity index (χ3n) is 2.50. The lowest BCUT2D eigenvalue weighted by Gasteiger charge is -2.06. The van der Waals surface area contributed by atoms with Gasteiger partial charge in [-0.3, -0.25) is 0 Å². The number of halogens is 2. The SMILES string of the molecule is COc1c(Cl)cc(/C=N\n2c(C)nnc2SC)cc1Cl. The Labute approximate surface area is 130 Å². The zero-order chi connectivity index (χ0) is 14.7. The minimum atomic E-state index is 0.437. The molecule has 0 saturated carbocycles. The van der Waals surface area contributed by atoms with E-state index in [1.807, 2.05) is 13.2 Å². The number of rotatable bonds is 4. The summed E-state index contributed by atoms with van der Waals surface area (Å²) in [5.74, 6) is 1.16. The summed E-state index contributed by atoms with van der Waals surface area (Å²) >= 11 is 13.6. The number of hydrogen-bond acceptors (Lipinski definition) is 5. The highest BCUT2D eigenvalue weighted by Crippen LogP contribution is 2.33. The van der Waals surface area contributed by atoms with Crippen LogP contribution in [0.4, 0.5) is 0 Å². The predicted molar refractivity (Wildman–Crippen MR) is 82.5 cm³/mol. The summed E-state index contributed by atoms with van der Waals surface area (Å²) in [6.07, 6.45) is 3.56. The van der Waals surface area contributed by atoms with Crippen LogP contribution in [-0.4, -0.2) is 34.5 Å². The number of thioether (sulfide) groups is 1. The lowest BCUT2D eigenvalue weighted by Crippen LogP contribution is -1.96. The van der Waals surface area contributed by atoms with Gasteiger partial charge in [0.1, 0.15) is 0 Å². The van der Waals surface area contributed by atoms with Gasteiger partial charge in [0.25, 0.3) is 0 Å². The molecule has 0 aliphatic heterocycles. The number of ether oxygens (including phenoxy) is 1. The van der Waals surface area contributed by atoms with Gasteiger partial charge in [0.05, 0.1) is 23.4 Å². The first kappa shape index (κ1) is 15.2. The van der Waals surface area contributed by atoms with Gasteiger partial charge in [-0.2, -0.15) is 9.78 Å². The normalized spacial score (nSPS) is 11.2. The molecule has 0 N–H and O–H groups in total. The minimum absolute atomic E-state index is 0.437. The van der Waals surface area contributed by atoms with Crippen LogP contribution in [0.25, 0.3) is 0 Å². The maximum Gasteiger partial charge on any atom is 0.211 e. The molecule has 106 valence electrons. The van der Waals surface area contributed by atoms with Crippen LogP contribution in [0.15, 0.2) is 22.4 Å². The molecule has 0 fully saturated rings. The molecule has 20 heavy (non-hydrogen) atoms. The van der Waals surface area contributed by atoms with E-state index in [0.29, 0.717) is 26.8 Å². The maximum atomic E-state index is 6.08. The van der Waals surface area contributed by atoms with Crippen LogP contribution in [0, 0.1) is 6.92 Å². The van der Waals surface area contributed by atoms with Crippen molar-refractivity contribution < 1.29 is 4.74 Å². The Morgan fingerprint density at radius 3 is 2.50 bits per heavy atom. The molecule has 0 spiro atoms. The number of methoxy groups -OCH3 is 1. The average Bonchev–Trinajstić information content (AvgIpc) is 2.76. The molecule has 0 atom stereocenters. The summed E-state index contributed by atoms with van der Waals surface area (Å²) in [6.45, 7) is 1.83. The molecule has 0 aliphatic rings. The van der Waals surface area contributed by atoms with Gasteiger partial charge in [-0.05, 0) is 30.9 Å². The van der Waals surface area contributed by atoms with Crippen molar-refractivity contribution in [3.05, 3.63) is 33.6 Å². The van der Waals surface area contributed by atoms with E-state index >= 15 is 0 Å². The largest absolute Gasteiger partial charge is 0.494 e. The zero-order valence-corrected chi connectivity index (χ0v) is 13.4. The molecule has 2 aromatic rings. The molecule has 0 aliphatic carbocycles. The molecule has 0 radical (unpaired) electrons. The second kappa shape index (κ2) is 6.47. The molecule has 0 amide bonds. The van der Waals surface area contributed by atoms with Crippen molar-refractivity contribution >= 4 is 41.2 Å². The van der Waals surface area contributed by atoms with Crippen molar-refractivity contribution in [3.8, 4) is 5.75 Å². The van der Waals surface area contributed by atoms with E-state index in [1.165, 1.54) is 18.9 Å². The number of aromatic nitrogens is 3. The van der Waals surface area contributed by atoms with Gasteiger partial charge < -0.3 is 4.74 Å². The summed E-state index contributed by atoms with van der Waals surface area (Å²) in [5.41, 5.74) is 0.765. The number of benzene rings is 1. The molecule has 2 rings (SSSR count). The number of nitrogens with zero attached hydrogens (tertiary/aromatic N) is 4. The van der Waals surface area contributed by atoms with Crippen molar-refractivity contribution in [2.45, 2.75) is 12.1 Å². The Kier molecular flexibility index (Phi) is 4.91. The van der Waals surface area contributed by atoms with E-state index in [-0.39, 0.29) is 0 Å².